The minimum atomic E-state index is -0.538. The van der Waals surface area contributed by atoms with E-state index in [0.29, 0.717) is 15.9 Å². The zero-order chi connectivity index (χ0) is 11.2. The van der Waals surface area contributed by atoms with Gasteiger partial charge >= 0.3 is 0 Å². The van der Waals surface area contributed by atoms with Crippen molar-refractivity contribution in [2.45, 2.75) is 13.0 Å². The number of fused-ring (bicyclic) bond motifs is 1. The molecule has 2 rings (SSSR count). The second kappa shape index (κ2) is 3.48. The molecule has 1 aliphatic rings. The summed E-state index contributed by atoms with van der Waals surface area (Å²) in [6, 6.07) is 2.60. The minimum absolute atomic E-state index is 0.181. The van der Waals surface area contributed by atoms with Gasteiger partial charge in [-0.05, 0) is 28.9 Å². The summed E-state index contributed by atoms with van der Waals surface area (Å²) in [5.41, 5.74) is 0.449. The van der Waals surface area contributed by atoms with Crippen molar-refractivity contribution in [3.63, 3.8) is 0 Å². The lowest BCUT2D eigenvalue weighted by atomic mass is 10.2. The van der Waals surface area contributed by atoms with Gasteiger partial charge in [0.25, 0.3) is 5.91 Å². The summed E-state index contributed by atoms with van der Waals surface area (Å²) in [7, 11) is 1.60. The fourth-order valence-electron chi connectivity index (χ4n) is 1.53. The fourth-order valence-corrected chi connectivity index (χ4v) is 2.05. The molecule has 15 heavy (non-hydrogen) atoms. The molecule has 0 saturated carbocycles. The van der Waals surface area contributed by atoms with Crippen molar-refractivity contribution in [3.05, 3.63) is 22.4 Å². The van der Waals surface area contributed by atoms with Crippen molar-refractivity contribution >= 4 is 27.5 Å². The van der Waals surface area contributed by atoms with Crippen LogP contribution in [0, 0.1) is 5.82 Å². The molecule has 0 fully saturated rings. The van der Waals surface area contributed by atoms with Crippen molar-refractivity contribution in [2.75, 3.05) is 11.9 Å². The summed E-state index contributed by atoms with van der Waals surface area (Å²) in [6.45, 7) is 1.66. The molecule has 3 nitrogen and oxygen atoms in total. The number of amides is 1. The highest BCUT2D eigenvalue weighted by Gasteiger charge is 2.30. The van der Waals surface area contributed by atoms with Gasteiger partial charge in [0.2, 0.25) is 0 Å². The molecule has 1 aromatic carbocycles. The van der Waals surface area contributed by atoms with E-state index in [2.05, 4.69) is 15.9 Å². The molecule has 1 unspecified atom stereocenters. The average molecular weight is 274 g/mol. The van der Waals surface area contributed by atoms with E-state index >= 15 is 0 Å². The molecule has 1 heterocycles. The van der Waals surface area contributed by atoms with E-state index in [4.69, 9.17) is 4.74 Å². The van der Waals surface area contributed by atoms with E-state index in [9.17, 15) is 9.18 Å². The van der Waals surface area contributed by atoms with Crippen molar-refractivity contribution in [3.8, 4) is 5.75 Å². The Kier molecular flexibility index (Phi) is 2.42. The lowest BCUT2D eigenvalue weighted by Crippen LogP contribution is -2.42. The molecule has 0 aromatic heterocycles. The van der Waals surface area contributed by atoms with Crippen LogP contribution in [0.5, 0.6) is 5.75 Å². The second-order valence-electron chi connectivity index (χ2n) is 3.39. The van der Waals surface area contributed by atoms with Crippen LogP contribution in [0.3, 0.4) is 0 Å². The number of ether oxygens (including phenoxy) is 1. The molecule has 1 amide bonds. The first-order valence-corrected chi connectivity index (χ1v) is 5.23. The van der Waals surface area contributed by atoms with Crippen LogP contribution in [-0.2, 0) is 4.79 Å². The zero-order valence-electron chi connectivity index (χ0n) is 8.25. The van der Waals surface area contributed by atoms with E-state index < -0.39 is 11.9 Å². The predicted molar refractivity (Wildman–Crippen MR) is 57.6 cm³/mol. The Balaban J connectivity index is 2.60. The van der Waals surface area contributed by atoms with E-state index in [1.165, 1.54) is 17.0 Å². The summed E-state index contributed by atoms with van der Waals surface area (Å²) in [5.74, 6) is -0.0792. The third-order valence-electron chi connectivity index (χ3n) is 2.32. The Morgan fingerprint density at radius 2 is 2.20 bits per heavy atom. The number of hydrogen-bond donors (Lipinski definition) is 0. The number of likely N-dealkylation sites (N-methyl/N-ethyl adjacent to an activating group) is 1. The summed E-state index contributed by atoms with van der Waals surface area (Å²) >= 11 is 3.20. The number of anilines is 1. The van der Waals surface area contributed by atoms with Crippen LogP contribution in [0.1, 0.15) is 6.92 Å². The first-order chi connectivity index (χ1) is 7.00. The topological polar surface area (TPSA) is 29.5 Å². The normalized spacial score (nSPS) is 19.9. The Bertz CT molecular complexity index is 436. The van der Waals surface area contributed by atoms with Gasteiger partial charge in [0.15, 0.2) is 11.9 Å². The maximum absolute atomic E-state index is 13.1. The fraction of sp³-hybridized carbons (Fsp3) is 0.300. The van der Waals surface area contributed by atoms with Gasteiger partial charge in [-0.3, -0.25) is 4.79 Å². The van der Waals surface area contributed by atoms with Gasteiger partial charge in [0, 0.05) is 13.1 Å². The first-order valence-electron chi connectivity index (χ1n) is 4.44. The van der Waals surface area contributed by atoms with E-state index in [0.717, 1.165) is 0 Å². The lowest BCUT2D eigenvalue weighted by Gasteiger charge is -2.30. The number of halogens is 2. The Morgan fingerprint density at radius 1 is 1.53 bits per heavy atom. The highest BCUT2D eigenvalue weighted by Crippen LogP contribution is 2.39. The minimum Gasteiger partial charge on any atom is -0.477 e. The molecule has 1 atom stereocenters. The van der Waals surface area contributed by atoms with Gasteiger partial charge in [-0.15, -0.1) is 0 Å². The highest BCUT2D eigenvalue weighted by molar-refractivity contribution is 9.10. The van der Waals surface area contributed by atoms with Crippen molar-refractivity contribution in [1.82, 2.24) is 0 Å². The molecule has 80 valence electrons. The molecule has 0 saturated heterocycles. The molecular weight excluding hydrogens is 265 g/mol. The summed E-state index contributed by atoms with van der Waals surface area (Å²) < 4.78 is 19.0. The van der Waals surface area contributed by atoms with Gasteiger partial charge in [0.05, 0.1) is 10.2 Å². The van der Waals surface area contributed by atoms with Gasteiger partial charge < -0.3 is 9.64 Å². The molecular formula is C10H9BrFNO2. The highest BCUT2D eigenvalue weighted by atomic mass is 79.9. The van der Waals surface area contributed by atoms with E-state index in [1.54, 1.807) is 14.0 Å². The van der Waals surface area contributed by atoms with Crippen LogP contribution in [0.15, 0.2) is 16.6 Å². The van der Waals surface area contributed by atoms with Crippen LogP contribution < -0.4 is 9.64 Å². The molecule has 0 spiro atoms. The molecule has 5 heteroatoms. The molecule has 1 aromatic rings. The van der Waals surface area contributed by atoms with Gasteiger partial charge in [0.1, 0.15) is 5.82 Å². The number of benzene rings is 1. The third-order valence-corrected chi connectivity index (χ3v) is 2.91. The summed E-state index contributed by atoms with van der Waals surface area (Å²) in [6.07, 6.45) is -0.538. The van der Waals surface area contributed by atoms with Crippen LogP contribution in [0.25, 0.3) is 0 Å². The van der Waals surface area contributed by atoms with Gasteiger partial charge in [-0.2, -0.15) is 0 Å². The summed E-state index contributed by atoms with van der Waals surface area (Å²) in [4.78, 5) is 13.0. The smallest absolute Gasteiger partial charge is 0.267 e. The number of carbonyl (C=O) groups excluding carboxylic acids is 1. The van der Waals surface area contributed by atoms with Crippen LogP contribution >= 0.6 is 15.9 Å². The number of hydrogen-bond acceptors (Lipinski definition) is 2. The Hall–Kier alpha value is -1.10. The molecule has 0 bridgehead atoms. The maximum atomic E-state index is 13.1. The Labute approximate surface area is 95.0 Å². The van der Waals surface area contributed by atoms with E-state index in [1.807, 2.05) is 0 Å². The van der Waals surface area contributed by atoms with Gasteiger partial charge in [-0.1, -0.05) is 0 Å². The number of carbonyl (C=O) groups is 1. The zero-order valence-corrected chi connectivity index (χ0v) is 9.84. The average Bonchev–Trinajstić information content (AvgIpc) is 2.17. The maximum Gasteiger partial charge on any atom is 0.267 e. The van der Waals surface area contributed by atoms with E-state index in [-0.39, 0.29) is 5.91 Å². The molecule has 0 radical (unpaired) electrons. The second-order valence-corrected chi connectivity index (χ2v) is 4.25. The van der Waals surface area contributed by atoms with Crippen LogP contribution in [0.2, 0.25) is 0 Å². The predicted octanol–water partition coefficient (Wildman–Crippen LogP) is 2.33. The van der Waals surface area contributed by atoms with Crippen LogP contribution in [-0.4, -0.2) is 19.1 Å². The Morgan fingerprint density at radius 3 is 2.87 bits per heavy atom. The van der Waals surface area contributed by atoms with Crippen molar-refractivity contribution in [1.29, 1.82) is 0 Å². The van der Waals surface area contributed by atoms with Gasteiger partial charge in [-0.25, -0.2) is 4.39 Å². The first kappa shape index (κ1) is 10.4. The number of rotatable bonds is 0. The standard InChI is InChI=1S/C10H9BrFNO2/c1-5-10(14)13(2)8-4-6(12)3-7(11)9(8)15-5/h3-5H,1-2H3. The van der Waals surface area contributed by atoms with Crippen LogP contribution in [0.4, 0.5) is 10.1 Å². The molecule has 0 aliphatic carbocycles. The monoisotopic (exact) mass is 273 g/mol. The quantitative estimate of drug-likeness (QED) is 0.726. The molecule has 1 aliphatic heterocycles. The number of nitrogens with zero attached hydrogens (tertiary/aromatic N) is 1. The largest absolute Gasteiger partial charge is 0.477 e. The lowest BCUT2D eigenvalue weighted by molar-refractivity contribution is -0.125. The third kappa shape index (κ3) is 1.61. The summed E-state index contributed by atoms with van der Waals surface area (Å²) in [5, 5.41) is 0. The van der Waals surface area contributed by atoms with Crippen molar-refractivity contribution in [2.24, 2.45) is 0 Å². The molecule has 0 N–H and O–H groups in total. The van der Waals surface area contributed by atoms with Crippen molar-refractivity contribution < 1.29 is 13.9 Å². The SMILES string of the molecule is CC1Oc2c(Br)cc(F)cc2N(C)C1=O.